The van der Waals surface area contributed by atoms with Crippen LogP contribution in [0.3, 0.4) is 0 Å². The third kappa shape index (κ3) is 7.39. The van der Waals surface area contributed by atoms with E-state index in [1.54, 1.807) is 59.7 Å². The molecule has 2 aromatic carbocycles. The van der Waals surface area contributed by atoms with Crippen LogP contribution in [0, 0.1) is 5.92 Å². The van der Waals surface area contributed by atoms with Gasteiger partial charge < -0.3 is 14.8 Å². The molecule has 0 radical (unpaired) electrons. The second-order valence-corrected chi connectivity index (χ2v) is 13.5. The Morgan fingerprint density at radius 1 is 0.842 bits per heavy atom. The van der Waals surface area contributed by atoms with Gasteiger partial charge in [0.1, 0.15) is 15.5 Å². The van der Waals surface area contributed by atoms with Gasteiger partial charge in [-0.05, 0) is 83.5 Å². The van der Waals surface area contributed by atoms with Crippen LogP contribution >= 0.6 is 58.0 Å². The first-order valence-electron chi connectivity index (χ1n) is 11.5. The Hall–Kier alpha value is -1.90. The number of benzene rings is 2. The molecule has 1 fully saturated rings. The zero-order valence-corrected chi connectivity index (χ0v) is 25.3. The van der Waals surface area contributed by atoms with E-state index in [0.717, 1.165) is 0 Å². The maximum absolute atomic E-state index is 13.2. The van der Waals surface area contributed by atoms with E-state index >= 15 is 0 Å². The van der Waals surface area contributed by atoms with Gasteiger partial charge in [-0.25, -0.2) is 9.59 Å². The molecular weight excluding hydrogens is 598 g/mol. The molecule has 1 N–H and O–H groups in total. The van der Waals surface area contributed by atoms with Crippen LogP contribution in [0.1, 0.15) is 53.0 Å². The fraction of sp³-hybridized carbons (Fsp3) is 0.423. The van der Waals surface area contributed by atoms with Crippen LogP contribution in [0.5, 0.6) is 0 Å². The number of nitrogens with zero attached hydrogens (tertiary/aromatic N) is 1. The molecule has 12 heteroatoms. The fourth-order valence-corrected chi connectivity index (χ4v) is 5.26. The minimum absolute atomic E-state index is 0.0432. The number of ether oxygens (including phenoxy) is 2. The number of halogens is 5. The lowest BCUT2D eigenvalue weighted by atomic mass is 10.1. The summed E-state index contributed by atoms with van der Waals surface area (Å²) in [5.74, 6) is -1.88. The summed E-state index contributed by atoms with van der Waals surface area (Å²) in [7, 11) is 0. The fourth-order valence-electron chi connectivity index (χ4n) is 3.69. The monoisotopic (exact) mass is 622 g/mol. The maximum Gasteiger partial charge on any atom is 0.424 e. The second-order valence-electron chi connectivity index (χ2n) is 10.8. The Bertz CT molecular complexity index is 1220. The zero-order chi connectivity index (χ0) is 28.8. The Morgan fingerprint density at radius 3 is 1.82 bits per heavy atom. The minimum atomic E-state index is -1.40. The van der Waals surface area contributed by atoms with Gasteiger partial charge in [-0.15, -0.1) is 23.2 Å². The van der Waals surface area contributed by atoms with E-state index in [-0.39, 0.29) is 16.4 Å². The van der Waals surface area contributed by atoms with Crippen LogP contribution in [-0.2, 0) is 14.3 Å². The van der Waals surface area contributed by atoms with Gasteiger partial charge in [-0.2, -0.15) is 4.90 Å². The minimum Gasteiger partial charge on any atom is -0.443 e. The number of imide groups is 1. The number of anilines is 2. The molecule has 206 valence electrons. The SMILES string of the molecule is CC(C)(C)OC(=O)N(C(=O)OC(C)(C)C)c1cc(NC(=O)[C@H]2[C@H](c3cc(Cl)cc(Cl)c3)C2(Cl)Cl)ccc1Cl. The number of carbonyl (C=O) groups excluding carboxylic acids is 3. The molecule has 0 aliphatic heterocycles. The molecule has 0 bridgehead atoms. The highest BCUT2D eigenvalue weighted by Crippen LogP contribution is 2.65. The molecule has 3 rings (SSSR count). The molecule has 0 spiro atoms. The van der Waals surface area contributed by atoms with E-state index in [2.05, 4.69) is 5.32 Å². The van der Waals surface area contributed by atoms with Crippen LogP contribution in [0.25, 0.3) is 0 Å². The summed E-state index contributed by atoms with van der Waals surface area (Å²) in [6.07, 6.45) is -2.00. The Morgan fingerprint density at radius 2 is 1.34 bits per heavy atom. The van der Waals surface area contributed by atoms with Crippen molar-refractivity contribution in [3.05, 3.63) is 57.0 Å². The van der Waals surface area contributed by atoms with Crippen LogP contribution in [0.4, 0.5) is 21.0 Å². The van der Waals surface area contributed by atoms with Crippen LogP contribution < -0.4 is 10.2 Å². The lowest BCUT2D eigenvalue weighted by Crippen LogP contribution is -2.44. The molecule has 2 atom stereocenters. The number of carbonyl (C=O) groups is 3. The van der Waals surface area contributed by atoms with Crippen molar-refractivity contribution in [3.8, 4) is 0 Å². The van der Waals surface area contributed by atoms with Crippen LogP contribution in [-0.4, -0.2) is 33.6 Å². The van der Waals surface area contributed by atoms with Gasteiger partial charge >= 0.3 is 12.2 Å². The topological polar surface area (TPSA) is 84.9 Å². The summed E-state index contributed by atoms with van der Waals surface area (Å²) in [6, 6.07) is 9.12. The van der Waals surface area contributed by atoms with Gasteiger partial charge in [0, 0.05) is 21.7 Å². The first-order chi connectivity index (χ1) is 17.3. The number of amides is 3. The van der Waals surface area contributed by atoms with Gasteiger partial charge in [0.25, 0.3) is 0 Å². The van der Waals surface area contributed by atoms with Crippen molar-refractivity contribution in [1.82, 2.24) is 0 Å². The molecule has 0 aromatic heterocycles. The van der Waals surface area contributed by atoms with Gasteiger partial charge in [-0.1, -0.05) is 34.8 Å². The van der Waals surface area contributed by atoms with Crippen molar-refractivity contribution in [1.29, 1.82) is 0 Å². The predicted octanol–water partition coefficient (Wildman–Crippen LogP) is 8.85. The van der Waals surface area contributed by atoms with Crippen molar-refractivity contribution in [2.45, 2.75) is 63.0 Å². The van der Waals surface area contributed by atoms with Gasteiger partial charge in [0.15, 0.2) is 0 Å². The average Bonchev–Trinajstić information content (AvgIpc) is 3.29. The van der Waals surface area contributed by atoms with Gasteiger partial charge in [0.2, 0.25) is 5.91 Å². The number of hydrogen-bond donors (Lipinski definition) is 1. The molecule has 0 saturated heterocycles. The van der Waals surface area contributed by atoms with E-state index in [4.69, 9.17) is 67.5 Å². The molecule has 38 heavy (non-hydrogen) atoms. The number of hydrogen-bond acceptors (Lipinski definition) is 5. The van der Waals surface area contributed by atoms with Crippen molar-refractivity contribution < 1.29 is 23.9 Å². The Labute approximate surface area is 246 Å². The van der Waals surface area contributed by atoms with Gasteiger partial charge in [-0.3, -0.25) is 4.79 Å². The van der Waals surface area contributed by atoms with E-state index in [1.807, 2.05) is 0 Å². The number of rotatable bonds is 4. The molecular formula is C26H27Cl5N2O5. The second kappa shape index (κ2) is 10.9. The number of nitrogens with one attached hydrogen (secondary N) is 1. The molecule has 0 heterocycles. The predicted molar refractivity (Wildman–Crippen MR) is 152 cm³/mol. The quantitative estimate of drug-likeness (QED) is 0.344. The molecule has 2 aromatic rings. The van der Waals surface area contributed by atoms with E-state index in [0.29, 0.717) is 20.5 Å². The Balaban J connectivity index is 1.91. The van der Waals surface area contributed by atoms with Crippen LogP contribution in [0.15, 0.2) is 36.4 Å². The largest absolute Gasteiger partial charge is 0.443 e. The lowest BCUT2D eigenvalue weighted by Gasteiger charge is -2.29. The van der Waals surface area contributed by atoms with Crippen molar-refractivity contribution in [2.24, 2.45) is 5.92 Å². The third-order valence-electron chi connectivity index (χ3n) is 5.19. The highest BCUT2D eigenvalue weighted by atomic mass is 35.5. The molecule has 0 unspecified atom stereocenters. The first-order valence-corrected chi connectivity index (χ1v) is 13.4. The van der Waals surface area contributed by atoms with Gasteiger partial charge in [0.05, 0.1) is 16.6 Å². The normalized spacial score (nSPS) is 18.4. The van der Waals surface area contributed by atoms with E-state index in [1.165, 1.54) is 18.2 Å². The smallest absolute Gasteiger partial charge is 0.424 e. The Kier molecular flexibility index (Phi) is 8.81. The van der Waals surface area contributed by atoms with E-state index < -0.39 is 45.5 Å². The highest BCUT2D eigenvalue weighted by Gasteiger charge is 2.67. The van der Waals surface area contributed by atoms with Crippen molar-refractivity contribution in [2.75, 3.05) is 10.2 Å². The number of alkyl halides is 2. The average molecular weight is 625 g/mol. The van der Waals surface area contributed by atoms with Crippen molar-refractivity contribution in [3.63, 3.8) is 0 Å². The maximum atomic E-state index is 13.2. The summed E-state index contributed by atoms with van der Waals surface area (Å²) in [6.45, 7) is 9.92. The summed E-state index contributed by atoms with van der Waals surface area (Å²) in [5.41, 5.74) is -1.03. The molecule has 3 amide bonds. The van der Waals surface area contributed by atoms with Crippen LogP contribution in [0.2, 0.25) is 15.1 Å². The summed E-state index contributed by atoms with van der Waals surface area (Å²) in [4.78, 5) is 39.9. The van der Waals surface area contributed by atoms with Crippen molar-refractivity contribution >= 4 is 87.5 Å². The standard InChI is InChI=1S/C26H27Cl5N2O5/c1-24(2,3)37-22(35)33(23(36)38-25(4,5)6)18-12-16(7-8-17(18)29)32-21(34)20-19(26(20,30)31)13-9-14(27)11-15(28)10-13/h7-12,19-20H,1-6H3,(H,32,34)/t19-,20+/m0/s1. The molecule has 7 nitrogen and oxygen atoms in total. The lowest BCUT2D eigenvalue weighted by molar-refractivity contribution is -0.117. The van der Waals surface area contributed by atoms with E-state index in [9.17, 15) is 14.4 Å². The molecule has 1 aliphatic rings. The summed E-state index contributed by atoms with van der Waals surface area (Å²) < 4.78 is 9.42. The third-order valence-corrected chi connectivity index (χ3v) is 6.88. The zero-order valence-electron chi connectivity index (χ0n) is 21.5. The first kappa shape index (κ1) is 30.6. The molecule has 1 saturated carbocycles. The highest BCUT2D eigenvalue weighted by molar-refractivity contribution is 6.53. The molecule has 1 aliphatic carbocycles. The summed E-state index contributed by atoms with van der Waals surface area (Å²) >= 11 is 31.5. The summed E-state index contributed by atoms with van der Waals surface area (Å²) in [5, 5.41) is 3.53.